The van der Waals surface area contributed by atoms with E-state index in [0.717, 1.165) is 6.07 Å². The van der Waals surface area contributed by atoms with Crippen molar-refractivity contribution < 1.29 is 33.0 Å². The quantitative estimate of drug-likeness (QED) is 0.580. The zero-order valence-electron chi connectivity index (χ0n) is 14.0. The lowest BCUT2D eigenvalue weighted by molar-refractivity contribution is -0.287. The van der Waals surface area contributed by atoms with E-state index in [-0.39, 0.29) is 21.9 Å². The minimum atomic E-state index is -5.35. The van der Waals surface area contributed by atoms with E-state index in [4.69, 9.17) is 11.6 Å². The molecule has 0 radical (unpaired) electrons. The van der Waals surface area contributed by atoms with E-state index in [1.807, 2.05) is 0 Å². The van der Waals surface area contributed by atoms with E-state index in [1.165, 1.54) is 47.8 Å². The lowest BCUT2D eigenvalue weighted by Crippen LogP contribution is -2.72. The van der Waals surface area contributed by atoms with Crippen LogP contribution in [0.3, 0.4) is 0 Å². The summed E-state index contributed by atoms with van der Waals surface area (Å²) >= 11 is 5.75. The van der Waals surface area contributed by atoms with Crippen molar-refractivity contribution in [2.75, 3.05) is 0 Å². The van der Waals surface area contributed by atoms with Crippen molar-refractivity contribution in [2.24, 2.45) is 5.92 Å². The second-order valence-corrected chi connectivity index (χ2v) is 6.72. The van der Waals surface area contributed by atoms with Crippen molar-refractivity contribution in [3.8, 4) is 5.75 Å². The van der Waals surface area contributed by atoms with Gasteiger partial charge in [0.15, 0.2) is 5.78 Å². The molecule has 0 aromatic heterocycles. The van der Waals surface area contributed by atoms with Gasteiger partial charge in [-0.2, -0.15) is 13.2 Å². The molecule has 0 aliphatic carbocycles. The van der Waals surface area contributed by atoms with Gasteiger partial charge in [-0.15, -0.1) is 0 Å². The van der Waals surface area contributed by atoms with Gasteiger partial charge in [0, 0.05) is 10.6 Å². The second kappa shape index (κ2) is 6.99. The van der Waals surface area contributed by atoms with E-state index in [0.29, 0.717) is 0 Å². The molecule has 148 valence electrons. The number of alkyl halides is 3. The molecule has 28 heavy (non-hydrogen) atoms. The highest BCUT2D eigenvalue weighted by atomic mass is 35.5. The first-order chi connectivity index (χ1) is 13.0. The highest BCUT2D eigenvalue weighted by Crippen LogP contribution is 2.44. The van der Waals surface area contributed by atoms with Gasteiger partial charge in [0.05, 0.1) is 6.04 Å². The molecule has 3 rings (SSSR count). The number of amides is 2. The van der Waals surface area contributed by atoms with Crippen molar-refractivity contribution >= 4 is 23.4 Å². The smallest absolute Gasteiger partial charge is 0.437 e. The zero-order valence-corrected chi connectivity index (χ0v) is 14.8. The lowest BCUT2D eigenvalue weighted by Gasteiger charge is -2.45. The maximum atomic E-state index is 13.7. The maximum Gasteiger partial charge on any atom is 0.437 e. The molecule has 0 spiro atoms. The minimum absolute atomic E-state index is 0.0184. The molecule has 0 bridgehead atoms. The monoisotopic (exact) mass is 414 g/mol. The van der Waals surface area contributed by atoms with Crippen LogP contribution in [0.5, 0.6) is 5.75 Å². The van der Waals surface area contributed by atoms with E-state index in [9.17, 15) is 33.0 Å². The molecule has 1 fully saturated rings. The summed E-state index contributed by atoms with van der Waals surface area (Å²) in [7, 11) is 0. The van der Waals surface area contributed by atoms with E-state index < -0.39 is 35.7 Å². The first kappa shape index (κ1) is 20.0. The molecule has 10 heteroatoms. The number of nitrogens with one attached hydrogen (secondary N) is 2. The first-order valence-electron chi connectivity index (χ1n) is 7.99. The van der Waals surface area contributed by atoms with Gasteiger partial charge in [-0.25, -0.2) is 4.79 Å². The van der Waals surface area contributed by atoms with E-state index >= 15 is 0 Å². The Morgan fingerprint density at radius 2 is 1.79 bits per heavy atom. The van der Waals surface area contributed by atoms with Crippen LogP contribution >= 0.6 is 11.6 Å². The third-order valence-corrected chi connectivity index (χ3v) is 4.70. The summed E-state index contributed by atoms with van der Waals surface area (Å²) in [6.45, 7) is 0. The topological polar surface area (TPSA) is 98.7 Å². The minimum Gasteiger partial charge on any atom is -0.508 e. The van der Waals surface area contributed by atoms with Crippen LogP contribution in [0.1, 0.15) is 22.0 Å². The van der Waals surface area contributed by atoms with Crippen LogP contribution in [0.25, 0.3) is 0 Å². The number of carbonyl (C=O) groups is 2. The predicted molar refractivity (Wildman–Crippen MR) is 92.8 cm³/mol. The summed E-state index contributed by atoms with van der Waals surface area (Å²) in [6.07, 6.45) is -5.35. The van der Waals surface area contributed by atoms with E-state index in [2.05, 4.69) is 5.32 Å². The molecule has 1 saturated heterocycles. The van der Waals surface area contributed by atoms with Gasteiger partial charge in [0.1, 0.15) is 11.7 Å². The van der Waals surface area contributed by atoms with Crippen LogP contribution in [-0.2, 0) is 0 Å². The number of phenolic OH excluding ortho intramolecular Hbond substituents is 1. The molecule has 6 nitrogen and oxygen atoms in total. The van der Waals surface area contributed by atoms with Crippen molar-refractivity contribution in [2.45, 2.75) is 17.9 Å². The van der Waals surface area contributed by atoms with Gasteiger partial charge in [-0.05, 0) is 42.0 Å². The average molecular weight is 415 g/mol. The van der Waals surface area contributed by atoms with Crippen molar-refractivity contribution in [1.82, 2.24) is 10.6 Å². The molecule has 2 aromatic carbocycles. The van der Waals surface area contributed by atoms with Gasteiger partial charge < -0.3 is 20.8 Å². The number of hydrogen-bond acceptors (Lipinski definition) is 4. The van der Waals surface area contributed by atoms with Gasteiger partial charge in [-0.1, -0.05) is 23.7 Å². The van der Waals surface area contributed by atoms with Crippen molar-refractivity contribution in [3.63, 3.8) is 0 Å². The Morgan fingerprint density at radius 1 is 1.14 bits per heavy atom. The average Bonchev–Trinajstić information content (AvgIpc) is 2.60. The lowest BCUT2D eigenvalue weighted by atomic mass is 9.77. The zero-order chi connectivity index (χ0) is 20.7. The summed E-state index contributed by atoms with van der Waals surface area (Å²) in [5.74, 6) is -3.52. The number of aromatic hydroxyl groups is 1. The Bertz CT molecular complexity index is 920. The van der Waals surface area contributed by atoms with Gasteiger partial charge in [0.25, 0.3) is 0 Å². The fourth-order valence-corrected chi connectivity index (χ4v) is 3.25. The van der Waals surface area contributed by atoms with Crippen LogP contribution in [0.15, 0.2) is 48.5 Å². The summed E-state index contributed by atoms with van der Waals surface area (Å²) in [4.78, 5) is 24.9. The number of rotatable bonds is 3. The molecule has 2 amide bonds. The molecule has 4 N–H and O–H groups in total. The molecular weight excluding hydrogens is 401 g/mol. The standard InChI is InChI=1S/C18H14ClF3N2O4/c19-11-6-4-9(5-7-11)15(26)13-14(10-2-1-3-12(25)8-10)23-16(27)24-17(13,28)18(20,21)22/h1-8,13-14,25,28H,(H2,23,24,27)/t13-,14-,17+/m1/s1. The molecule has 2 aromatic rings. The number of aliphatic hydroxyl groups is 1. The number of urea groups is 1. The SMILES string of the molecule is O=C1N[C@H](c2cccc(O)c2)[C@H](C(=O)c2ccc(Cl)cc2)[C@](O)(C(F)(F)F)N1. The number of halogens is 4. The molecule has 0 unspecified atom stereocenters. The Kier molecular flexibility index (Phi) is 4.99. The summed E-state index contributed by atoms with van der Waals surface area (Å²) in [5.41, 5.74) is -3.95. The molecule has 1 aliphatic heterocycles. The number of carbonyl (C=O) groups excluding carboxylic acids is 2. The molecule has 3 atom stereocenters. The normalized spacial score (nSPS) is 25.0. The Morgan fingerprint density at radius 3 is 2.36 bits per heavy atom. The Labute approximate surface area is 161 Å². The third kappa shape index (κ3) is 3.50. The Hall–Kier alpha value is -2.78. The number of Topliss-reactive ketones (excluding diaryl/α,β-unsaturated/α-hetero) is 1. The third-order valence-electron chi connectivity index (χ3n) is 4.45. The molecule has 1 heterocycles. The maximum absolute atomic E-state index is 13.7. The highest BCUT2D eigenvalue weighted by Gasteiger charge is 2.66. The van der Waals surface area contributed by atoms with Gasteiger partial charge in [-0.3, -0.25) is 4.79 Å². The Balaban J connectivity index is 2.16. The van der Waals surface area contributed by atoms with Crippen LogP contribution in [0.4, 0.5) is 18.0 Å². The van der Waals surface area contributed by atoms with Gasteiger partial charge >= 0.3 is 12.2 Å². The number of ketones is 1. The molecular formula is C18H14ClF3N2O4. The molecule has 1 aliphatic rings. The highest BCUT2D eigenvalue weighted by molar-refractivity contribution is 6.30. The number of hydrogen-bond donors (Lipinski definition) is 4. The first-order valence-corrected chi connectivity index (χ1v) is 8.37. The second-order valence-electron chi connectivity index (χ2n) is 6.28. The largest absolute Gasteiger partial charge is 0.508 e. The fraction of sp³-hybridized carbons (Fsp3) is 0.222. The van der Waals surface area contributed by atoms with Gasteiger partial charge in [0.2, 0.25) is 5.72 Å². The van der Waals surface area contributed by atoms with Crippen LogP contribution in [-0.4, -0.2) is 33.9 Å². The van der Waals surface area contributed by atoms with E-state index in [1.54, 1.807) is 0 Å². The van der Waals surface area contributed by atoms with Crippen molar-refractivity contribution in [1.29, 1.82) is 0 Å². The van der Waals surface area contributed by atoms with Crippen molar-refractivity contribution in [3.05, 3.63) is 64.7 Å². The van der Waals surface area contributed by atoms with Crippen LogP contribution in [0, 0.1) is 5.92 Å². The summed E-state index contributed by atoms with van der Waals surface area (Å²) in [5, 5.41) is 24.0. The summed E-state index contributed by atoms with van der Waals surface area (Å²) < 4.78 is 41.2. The molecule has 0 saturated carbocycles. The fourth-order valence-electron chi connectivity index (χ4n) is 3.13. The number of benzene rings is 2. The summed E-state index contributed by atoms with van der Waals surface area (Å²) in [6, 6.07) is 7.26. The predicted octanol–water partition coefficient (Wildman–Crippen LogP) is 3.15. The number of phenols is 1. The van der Waals surface area contributed by atoms with Crippen LogP contribution < -0.4 is 10.6 Å². The van der Waals surface area contributed by atoms with Crippen LogP contribution in [0.2, 0.25) is 5.02 Å².